The van der Waals surface area contributed by atoms with Gasteiger partial charge in [0, 0.05) is 42.6 Å². The fourth-order valence-corrected chi connectivity index (χ4v) is 5.27. The number of aryl methyl sites for hydroxylation is 1. The molecule has 0 radical (unpaired) electrons. The van der Waals surface area contributed by atoms with Gasteiger partial charge in [-0.25, -0.2) is 15.0 Å². The maximum Gasteiger partial charge on any atom is 0.273 e. The van der Waals surface area contributed by atoms with Crippen LogP contribution < -0.4 is 5.32 Å². The van der Waals surface area contributed by atoms with Crippen LogP contribution >= 0.6 is 11.3 Å². The molecular formula is C25H28N6OS. The molecule has 0 saturated carbocycles. The van der Waals surface area contributed by atoms with Crippen LogP contribution in [0.5, 0.6) is 0 Å². The summed E-state index contributed by atoms with van der Waals surface area (Å²) >= 11 is 1.55. The molecule has 5 rings (SSSR count). The average Bonchev–Trinajstić information content (AvgIpc) is 3.45. The zero-order valence-corrected chi connectivity index (χ0v) is 19.8. The molecule has 3 aromatic heterocycles. The zero-order valence-electron chi connectivity index (χ0n) is 18.9. The van der Waals surface area contributed by atoms with E-state index in [9.17, 15) is 4.79 Å². The molecule has 0 unspecified atom stereocenters. The van der Waals surface area contributed by atoms with Crippen molar-refractivity contribution in [3.8, 4) is 11.3 Å². The first kappa shape index (κ1) is 21.6. The largest absolute Gasteiger partial charge is 0.352 e. The number of amides is 1. The van der Waals surface area contributed by atoms with Crippen molar-refractivity contribution in [2.75, 3.05) is 18.4 Å². The summed E-state index contributed by atoms with van der Waals surface area (Å²) in [6, 6.07) is 10.0. The number of likely N-dealkylation sites (tertiary alicyclic amines) is 1. The highest BCUT2D eigenvalue weighted by molar-refractivity contribution is 7.15. The topological polar surface area (TPSA) is 75.4 Å². The molecule has 33 heavy (non-hydrogen) atoms. The van der Waals surface area contributed by atoms with Gasteiger partial charge in [0.25, 0.3) is 5.91 Å². The van der Waals surface area contributed by atoms with Crippen LogP contribution in [0.4, 0.5) is 5.95 Å². The van der Waals surface area contributed by atoms with Crippen LogP contribution in [0.25, 0.3) is 16.2 Å². The summed E-state index contributed by atoms with van der Waals surface area (Å²) in [4.78, 5) is 30.6. The van der Waals surface area contributed by atoms with E-state index in [0.29, 0.717) is 24.1 Å². The number of nitrogens with zero attached hydrogens (tertiary/aromatic N) is 5. The van der Waals surface area contributed by atoms with Crippen LogP contribution in [-0.4, -0.2) is 49.3 Å². The number of imidazole rings is 1. The third-order valence-corrected chi connectivity index (χ3v) is 7.23. The van der Waals surface area contributed by atoms with Crippen molar-refractivity contribution in [2.24, 2.45) is 5.92 Å². The lowest BCUT2D eigenvalue weighted by molar-refractivity contribution is 0.0534. The summed E-state index contributed by atoms with van der Waals surface area (Å²) in [6.07, 6.45) is 8.66. The Balaban J connectivity index is 1.45. The second-order valence-electron chi connectivity index (χ2n) is 8.57. The highest BCUT2D eigenvalue weighted by Gasteiger charge is 2.35. The number of fused-ring (bicyclic) bond motifs is 1. The van der Waals surface area contributed by atoms with E-state index in [1.54, 1.807) is 11.3 Å². The predicted octanol–water partition coefficient (Wildman–Crippen LogP) is 4.77. The highest BCUT2D eigenvalue weighted by atomic mass is 32.1. The van der Waals surface area contributed by atoms with E-state index in [0.717, 1.165) is 47.6 Å². The van der Waals surface area contributed by atoms with E-state index >= 15 is 0 Å². The van der Waals surface area contributed by atoms with Crippen molar-refractivity contribution in [3.05, 3.63) is 65.6 Å². The Kier molecular flexibility index (Phi) is 6.09. The van der Waals surface area contributed by atoms with Crippen LogP contribution in [0.1, 0.15) is 42.7 Å². The number of anilines is 1. The molecule has 1 fully saturated rings. The maximum atomic E-state index is 14.0. The van der Waals surface area contributed by atoms with Gasteiger partial charge in [-0.1, -0.05) is 44.2 Å². The lowest BCUT2D eigenvalue weighted by atomic mass is 9.90. The maximum absolute atomic E-state index is 14.0. The number of carbonyl (C=O) groups excluding carboxylic acids is 1. The van der Waals surface area contributed by atoms with Crippen molar-refractivity contribution in [1.82, 2.24) is 24.3 Å². The Labute approximate surface area is 197 Å². The lowest BCUT2D eigenvalue weighted by Crippen LogP contribution is -2.51. The molecule has 1 N–H and O–H groups in total. The highest BCUT2D eigenvalue weighted by Crippen LogP contribution is 2.31. The molecule has 0 spiro atoms. The number of nitrogens with one attached hydrogen (secondary N) is 1. The number of aromatic nitrogens is 4. The molecular weight excluding hydrogens is 432 g/mol. The van der Waals surface area contributed by atoms with E-state index in [1.165, 1.54) is 0 Å². The number of thiazole rings is 1. The Bertz CT molecular complexity index is 1230. The van der Waals surface area contributed by atoms with Crippen LogP contribution in [0.2, 0.25) is 0 Å². The number of hydrogen-bond acceptors (Lipinski definition) is 6. The van der Waals surface area contributed by atoms with Gasteiger partial charge in [0.1, 0.15) is 11.4 Å². The molecule has 4 heterocycles. The van der Waals surface area contributed by atoms with Crippen LogP contribution in [0.3, 0.4) is 0 Å². The van der Waals surface area contributed by atoms with Crippen LogP contribution in [0.15, 0.2) is 54.3 Å². The van der Waals surface area contributed by atoms with Gasteiger partial charge in [0.05, 0.1) is 6.04 Å². The van der Waals surface area contributed by atoms with Gasteiger partial charge in [-0.15, -0.1) is 11.3 Å². The number of carbonyl (C=O) groups is 1. The van der Waals surface area contributed by atoms with Gasteiger partial charge in [-0.2, -0.15) is 0 Å². The molecule has 8 heteroatoms. The summed E-state index contributed by atoms with van der Waals surface area (Å²) in [5.41, 5.74) is 3.45. The molecule has 0 aliphatic carbocycles. The quantitative estimate of drug-likeness (QED) is 0.449. The fraction of sp³-hybridized carbons (Fsp3) is 0.360. The standard InChI is InChI=1S/C25H28N6OS/c1-3-18-14-26-24(27-15-18)28-16-20-17(2)8-7-11-30(20)23(32)22-21(19-9-5-4-6-10-19)29-25-31(22)12-13-33-25/h4-6,9-10,12-15,17,20H,3,7-8,11,16H2,1-2H3,(H,26,27,28)/t17-,20-/m1/s1. The Morgan fingerprint density at radius 2 is 2.00 bits per heavy atom. The molecule has 2 atom stereocenters. The van der Waals surface area contributed by atoms with E-state index in [4.69, 9.17) is 4.98 Å². The smallest absolute Gasteiger partial charge is 0.273 e. The Morgan fingerprint density at radius 1 is 1.21 bits per heavy atom. The predicted molar refractivity (Wildman–Crippen MR) is 132 cm³/mol. The summed E-state index contributed by atoms with van der Waals surface area (Å²) < 4.78 is 1.94. The minimum absolute atomic E-state index is 0.0281. The van der Waals surface area contributed by atoms with Crippen molar-refractivity contribution in [1.29, 1.82) is 0 Å². The molecule has 4 aromatic rings. The minimum atomic E-state index is 0.0281. The van der Waals surface area contributed by atoms with Crippen molar-refractivity contribution >= 4 is 28.2 Å². The zero-order chi connectivity index (χ0) is 22.8. The summed E-state index contributed by atoms with van der Waals surface area (Å²) in [5.74, 6) is 1.00. The van der Waals surface area contributed by atoms with Crippen molar-refractivity contribution in [3.63, 3.8) is 0 Å². The van der Waals surface area contributed by atoms with Crippen LogP contribution in [0, 0.1) is 5.92 Å². The first-order chi connectivity index (χ1) is 16.2. The molecule has 1 amide bonds. The molecule has 1 aliphatic heterocycles. The van der Waals surface area contributed by atoms with E-state index < -0.39 is 0 Å². The Hall–Kier alpha value is -3.26. The molecule has 170 valence electrons. The van der Waals surface area contributed by atoms with E-state index in [2.05, 4.69) is 29.1 Å². The Morgan fingerprint density at radius 3 is 2.76 bits per heavy atom. The number of rotatable bonds is 6. The van der Waals surface area contributed by atoms with Crippen molar-refractivity contribution < 1.29 is 4.79 Å². The molecule has 7 nitrogen and oxygen atoms in total. The van der Waals surface area contributed by atoms with Gasteiger partial charge >= 0.3 is 0 Å². The molecule has 1 aromatic carbocycles. The molecule has 0 bridgehead atoms. The average molecular weight is 461 g/mol. The molecule has 1 saturated heterocycles. The first-order valence-electron chi connectivity index (χ1n) is 11.5. The molecule has 1 aliphatic rings. The lowest BCUT2D eigenvalue weighted by Gasteiger charge is -2.40. The van der Waals surface area contributed by atoms with E-state index in [1.807, 2.05) is 63.6 Å². The fourth-order valence-electron chi connectivity index (χ4n) is 4.56. The second kappa shape index (κ2) is 9.31. The SMILES string of the molecule is CCc1cnc(NC[C@@H]2[C@H](C)CCCN2C(=O)c2c(-c3ccccc3)nc3sccn23)nc1. The third kappa shape index (κ3) is 4.23. The first-order valence-corrected chi connectivity index (χ1v) is 12.4. The van der Waals surface area contributed by atoms with Gasteiger partial charge in [0.2, 0.25) is 5.95 Å². The van der Waals surface area contributed by atoms with Gasteiger partial charge in [-0.3, -0.25) is 9.20 Å². The normalized spacial score (nSPS) is 18.5. The monoisotopic (exact) mass is 460 g/mol. The van der Waals surface area contributed by atoms with E-state index in [-0.39, 0.29) is 11.9 Å². The van der Waals surface area contributed by atoms with Crippen LogP contribution in [-0.2, 0) is 6.42 Å². The second-order valence-corrected chi connectivity index (χ2v) is 9.44. The summed E-state index contributed by atoms with van der Waals surface area (Å²) in [6.45, 7) is 5.66. The van der Waals surface area contributed by atoms with Gasteiger partial charge in [-0.05, 0) is 30.7 Å². The van der Waals surface area contributed by atoms with Crippen molar-refractivity contribution in [2.45, 2.75) is 39.2 Å². The van der Waals surface area contributed by atoms with Gasteiger partial charge < -0.3 is 10.2 Å². The third-order valence-electron chi connectivity index (χ3n) is 6.47. The number of benzene rings is 1. The van der Waals surface area contributed by atoms with Gasteiger partial charge in [0.15, 0.2) is 4.96 Å². The number of hydrogen-bond donors (Lipinski definition) is 1. The summed E-state index contributed by atoms with van der Waals surface area (Å²) in [5, 5.41) is 5.34. The number of piperidine rings is 1. The summed E-state index contributed by atoms with van der Waals surface area (Å²) in [7, 11) is 0. The minimum Gasteiger partial charge on any atom is -0.352 e.